The Morgan fingerprint density at radius 2 is 1.86 bits per heavy atom. The molecule has 1 N–H and O–H groups in total. The molecule has 0 spiro atoms. The molecule has 6 nitrogen and oxygen atoms in total. The minimum Gasteiger partial charge on any atom is -0.326 e. The van der Waals surface area contributed by atoms with Crippen molar-refractivity contribution in [1.29, 1.82) is 0 Å². The number of piperidine rings is 1. The van der Waals surface area contributed by atoms with Crippen LogP contribution in [0, 0.1) is 5.92 Å². The van der Waals surface area contributed by atoms with Gasteiger partial charge in [-0.2, -0.15) is 4.31 Å². The topological polar surface area (TPSA) is 79.4 Å². The predicted octanol–water partition coefficient (Wildman–Crippen LogP) is 3.99. The minimum atomic E-state index is -3.57. The molecule has 1 saturated heterocycles. The molecule has 0 atom stereocenters. The summed E-state index contributed by atoms with van der Waals surface area (Å²) in [5, 5.41) is 3.43. The highest BCUT2D eigenvalue weighted by Crippen LogP contribution is 2.27. The summed E-state index contributed by atoms with van der Waals surface area (Å²) in [6, 6.07) is 11.8. The van der Waals surface area contributed by atoms with Gasteiger partial charge in [0.05, 0.1) is 20.6 Å². The number of nitrogens with zero attached hydrogens (tertiary/aromatic N) is 2. The molecule has 9 heteroatoms. The van der Waals surface area contributed by atoms with Crippen LogP contribution in [0.2, 0.25) is 5.02 Å². The van der Waals surface area contributed by atoms with E-state index in [1.165, 1.54) is 27.8 Å². The molecule has 3 aromatic rings. The Bertz CT molecular complexity index is 1100. The number of thiazole rings is 1. The van der Waals surface area contributed by atoms with Crippen molar-refractivity contribution < 1.29 is 13.2 Å². The third-order valence-electron chi connectivity index (χ3n) is 4.87. The number of nitrogens with one attached hydrogen (secondary N) is 1. The number of hydrogen-bond acceptors (Lipinski definition) is 5. The van der Waals surface area contributed by atoms with Crippen LogP contribution in [-0.4, -0.2) is 36.7 Å². The molecule has 28 heavy (non-hydrogen) atoms. The highest BCUT2D eigenvalue weighted by molar-refractivity contribution is 7.89. The minimum absolute atomic E-state index is 0.0765. The fourth-order valence-corrected chi connectivity index (χ4v) is 5.60. The summed E-state index contributed by atoms with van der Waals surface area (Å²) >= 11 is 7.36. The normalized spacial score (nSPS) is 16.3. The Labute approximate surface area is 172 Å². The maximum Gasteiger partial charge on any atom is 0.243 e. The summed E-state index contributed by atoms with van der Waals surface area (Å²) in [6.45, 7) is 0.633. The third-order valence-corrected chi connectivity index (χ3v) is 7.83. The zero-order valence-corrected chi connectivity index (χ0v) is 17.2. The number of aromatic nitrogens is 1. The quantitative estimate of drug-likeness (QED) is 0.672. The fraction of sp³-hybridized carbons (Fsp3) is 0.263. The van der Waals surface area contributed by atoms with Gasteiger partial charge in [0.2, 0.25) is 15.9 Å². The van der Waals surface area contributed by atoms with Crippen LogP contribution < -0.4 is 5.32 Å². The van der Waals surface area contributed by atoms with E-state index in [0.29, 0.717) is 31.0 Å². The van der Waals surface area contributed by atoms with E-state index >= 15 is 0 Å². The molecule has 1 aromatic heterocycles. The number of benzene rings is 2. The average Bonchev–Trinajstić information content (AvgIpc) is 3.16. The second kappa shape index (κ2) is 7.79. The van der Waals surface area contributed by atoms with Crippen LogP contribution in [0.3, 0.4) is 0 Å². The second-order valence-corrected chi connectivity index (χ2v) is 9.92. The van der Waals surface area contributed by atoms with Gasteiger partial charge in [-0.3, -0.25) is 4.79 Å². The van der Waals surface area contributed by atoms with Crippen molar-refractivity contribution in [2.24, 2.45) is 5.92 Å². The van der Waals surface area contributed by atoms with E-state index in [0.717, 1.165) is 15.9 Å². The Hall–Kier alpha value is -2.00. The van der Waals surface area contributed by atoms with Crippen molar-refractivity contribution in [2.45, 2.75) is 17.7 Å². The Morgan fingerprint density at radius 1 is 1.14 bits per heavy atom. The number of carbonyl (C=O) groups is 1. The smallest absolute Gasteiger partial charge is 0.243 e. The van der Waals surface area contributed by atoms with Crippen molar-refractivity contribution >= 4 is 54.8 Å². The number of rotatable bonds is 4. The van der Waals surface area contributed by atoms with E-state index in [9.17, 15) is 13.2 Å². The first-order valence-electron chi connectivity index (χ1n) is 8.83. The van der Waals surface area contributed by atoms with Crippen molar-refractivity contribution in [1.82, 2.24) is 9.29 Å². The molecule has 4 rings (SSSR count). The summed E-state index contributed by atoms with van der Waals surface area (Å²) in [5.41, 5.74) is 3.41. The second-order valence-electron chi connectivity index (χ2n) is 6.66. The van der Waals surface area contributed by atoms with Crippen molar-refractivity contribution in [3.05, 3.63) is 53.0 Å². The van der Waals surface area contributed by atoms with Crippen LogP contribution in [0.5, 0.6) is 0 Å². The predicted molar refractivity (Wildman–Crippen MR) is 111 cm³/mol. The number of hydrogen-bond donors (Lipinski definition) is 1. The zero-order chi connectivity index (χ0) is 19.7. The maximum atomic E-state index is 12.7. The Kier molecular flexibility index (Phi) is 5.37. The first-order chi connectivity index (χ1) is 13.4. The molecule has 1 fully saturated rings. The van der Waals surface area contributed by atoms with E-state index in [2.05, 4.69) is 10.3 Å². The van der Waals surface area contributed by atoms with Gasteiger partial charge in [-0.15, -0.1) is 11.3 Å². The van der Waals surface area contributed by atoms with Gasteiger partial charge in [-0.25, -0.2) is 13.4 Å². The lowest BCUT2D eigenvalue weighted by molar-refractivity contribution is -0.120. The first kappa shape index (κ1) is 19.3. The van der Waals surface area contributed by atoms with Crippen LogP contribution in [0.1, 0.15) is 12.8 Å². The van der Waals surface area contributed by atoms with E-state index in [4.69, 9.17) is 11.6 Å². The molecule has 0 unspecified atom stereocenters. The zero-order valence-electron chi connectivity index (χ0n) is 14.8. The van der Waals surface area contributed by atoms with Gasteiger partial charge >= 0.3 is 0 Å². The maximum absolute atomic E-state index is 12.7. The highest BCUT2D eigenvalue weighted by Gasteiger charge is 2.32. The SMILES string of the molecule is O=C(Nc1ccc2ncsc2c1)C1CCN(S(=O)(=O)c2ccc(Cl)cc2)CC1. The number of fused-ring (bicyclic) bond motifs is 1. The largest absolute Gasteiger partial charge is 0.326 e. The Morgan fingerprint density at radius 3 is 2.57 bits per heavy atom. The van der Waals surface area contributed by atoms with Gasteiger partial charge in [-0.1, -0.05) is 11.6 Å². The molecule has 2 heterocycles. The van der Waals surface area contributed by atoms with Crippen molar-refractivity contribution in [2.75, 3.05) is 18.4 Å². The van der Waals surface area contributed by atoms with E-state index in [1.54, 1.807) is 17.6 Å². The van der Waals surface area contributed by atoms with Crippen LogP contribution in [0.4, 0.5) is 5.69 Å². The van der Waals surface area contributed by atoms with Gasteiger partial charge < -0.3 is 5.32 Å². The molecular formula is C19H18ClN3O3S2. The molecule has 1 aliphatic rings. The number of halogens is 1. The van der Waals surface area contributed by atoms with Gasteiger partial charge in [0.25, 0.3) is 0 Å². The van der Waals surface area contributed by atoms with Crippen LogP contribution in [-0.2, 0) is 14.8 Å². The molecule has 146 valence electrons. The average molecular weight is 436 g/mol. The monoisotopic (exact) mass is 435 g/mol. The van der Waals surface area contributed by atoms with Crippen molar-refractivity contribution in [3.8, 4) is 0 Å². The number of amides is 1. The first-order valence-corrected chi connectivity index (χ1v) is 11.5. The molecule has 2 aromatic carbocycles. The van der Waals surface area contributed by atoms with Crippen molar-refractivity contribution in [3.63, 3.8) is 0 Å². The fourth-order valence-electron chi connectivity index (χ4n) is 3.29. The molecule has 0 radical (unpaired) electrons. The standard InChI is InChI=1S/C19H18ClN3O3S2/c20-14-1-4-16(5-2-14)28(25,26)23-9-7-13(8-10-23)19(24)22-15-3-6-17-18(11-15)27-12-21-17/h1-6,11-13H,7-10H2,(H,22,24). The van der Waals surface area contributed by atoms with Crippen LogP contribution in [0.25, 0.3) is 10.2 Å². The van der Waals surface area contributed by atoms with Crippen LogP contribution in [0.15, 0.2) is 52.9 Å². The molecule has 0 bridgehead atoms. The number of carbonyl (C=O) groups excluding carboxylic acids is 1. The number of anilines is 1. The molecule has 1 amide bonds. The molecule has 1 aliphatic heterocycles. The summed E-state index contributed by atoms with van der Waals surface area (Å²) < 4.78 is 27.9. The van der Waals surface area contributed by atoms with E-state index < -0.39 is 10.0 Å². The lowest BCUT2D eigenvalue weighted by atomic mass is 9.97. The van der Waals surface area contributed by atoms with E-state index in [-0.39, 0.29) is 16.7 Å². The third kappa shape index (κ3) is 3.91. The number of sulfonamides is 1. The summed E-state index contributed by atoms with van der Waals surface area (Å²) in [5.74, 6) is -0.291. The molecule has 0 saturated carbocycles. The summed E-state index contributed by atoms with van der Waals surface area (Å²) in [4.78, 5) is 17.0. The summed E-state index contributed by atoms with van der Waals surface area (Å²) in [7, 11) is -3.57. The molecular weight excluding hydrogens is 418 g/mol. The summed E-state index contributed by atoms with van der Waals surface area (Å²) in [6.07, 6.45) is 0.975. The molecule has 0 aliphatic carbocycles. The van der Waals surface area contributed by atoms with Gasteiger partial charge in [-0.05, 0) is 55.3 Å². The Balaban J connectivity index is 1.39. The van der Waals surface area contributed by atoms with E-state index in [1.807, 2.05) is 18.2 Å². The highest BCUT2D eigenvalue weighted by atomic mass is 35.5. The lowest BCUT2D eigenvalue weighted by Gasteiger charge is -2.30. The van der Waals surface area contributed by atoms with Gasteiger partial charge in [0.1, 0.15) is 0 Å². The van der Waals surface area contributed by atoms with Crippen LogP contribution >= 0.6 is 22.9 Å². The van der Waals surface area contributed by atoms with Gasteiger partial charge in [0.15, 0.2) is 0 Å². The van der Waals surface area contributed by atoms with Gasteiger partial charge in [0, 0.05) is 29.7 Å². The lowest BCUT2D eigenvalue weighted by Crippen LogP contribution is -2.41.